The Morgan fingerprint density at radius 3 is 2.78 bits per heavy atom. The predicted molar refractivity (Wildman–Crippen MR) is 107 cm³/mol. The molecule has 6 nitrogen and oxygen atoms in total. The summed E-state index contributed by atoms with van der Waals surface area (Å²) in [6.07, 6.45) is 4.65. The van der Waals surface area contributed by atoms with Crippen LogP contribution in [-0.4, -0.2) is 31.9 Å². The molecule has 1 N–H and O–H groups in total. The van der Waals surface area contributed by atoms with Gasteiger partial charge >= 0.3 is 0 Å². The van der Waals surface area contributed by atoms with Gasteiger partial charge in [0.2, 0.25) is 11.1 Å². The zero-order valence-corrected chi connectivity index (χ0v) is 16.5. The summed E-state index contributed by atoms with van der Waals surface area (Å²) in [4.78, 5) is 13.8. The van der Waals surface area contributed by atoms with Crippen LogP contribution in [0.25, 0.3) is 0 Å². The highest BCUT2D eigenvalue weighted by molar-refractivity contribution is 7.99. The largest absolute Gasteiger partial charge is 0.344 e. The van der Waals surface area contributed by atoms with E-state index >= 15 is 0 Å². The molecule has 0 radical (unpaired) electrons. The van der Waals surface area contributed by atoms with E-state index < -0.39 is 0 Å². The van der Waals surface area contributed by atoms with Gasteiger partial charge < -0.3 is 5.32 Å². The van der Waals surface area contributed by atoms with E-state index in [1.165, 1.54) is 24.6 Å². The average Bonchev–Trinajstić information content (AvgIpc) is 3.47. The second-order valence-corrected chi connectivity index (χ2v) is 8.48. The Kier molecular flexibility index (Phi) is 5.84. The number of hydrogen-bond donors (Lipinski definition) is 1. The number of benzene rings is 1. The third kappa shape index (κ3) is 4.39. The lowest BCUT2D eigenvalue weighted by Gasteiger charge is -2.18. The van der Waals surface area contributed by atoms with Crippen molar-refractivity contribution in [3.8, 4) is 0 Å². The number of amides is 1. The zero-order valence-electron chi connectivity index (χ0n) is 14.8. The van der Waals surface area contributed by atoms with Gasteiger partial charge in [0.15, 0.2) is 0 Å². The van der Waals surface area contributed by atoms with Gasteiger partial charge in [0.05, 0.1) is 17.8 Å². The number of thioether (sulfide) groups is 1. The van der Waals surface area contributed by atoms with Crippen LogP contribution in [0.5, 0.6) is 0 Å². The van der Waals surface area contributed by atoms with Crippen molar-refractivity contribution in [2.24, 2.45) is 0 Å². The number of hydrogen-bond acceptors (Lipinski definition) is 6. The molecule has 3 aromatic rings. The molecule has 0 aliphatic heterocycles. The van der Waals surface area contributed by atoms with Gasteiger partial charge in [0, 0.05) is 4.88 Å². The lowest BCUT2D eigenvalue weighted by molar-refractivity contribution is -0.119. The summed E-state index contributed by atoms with van der Waals surface area (Å²) in [7, 11) is 0. The summed E-state index contributed by atoms with van der Waals surface area (Å²) in [5.41, 5.74) is 1.08. The molecular formula is C19H21N5OS2. The van der Waals surface area contributed by atoms with Crippen LogP contribution in [-0.2, 0) is 4.79 Å². The number of tetrazole rings is 1. The van der Waals surface area contributed by atoms with E-state index in [-0.39, 0.29) is 11.9 Å². The van der Waals surface area contributed by atoms with Gasteiger partial charge in [0.25, 0.3) is 0 Å². The molecule has 1 amide bonds. The van der Waals surface area contributed by atoms with E-state index in [2.05, 4.69) is 26.9 Å². The molecule has 4 rings (SSSR count). The van der Waals surface area contributed by atoms with Gasteiger partial charge in [-0.15, -0.1) is 16.4 Å². The number of nitrogens with one attached hydrogen (secondary N) is 1. The summed E-state index contributed by atoms with van der Waals surface area (Å²) < 4.78 is 1.89. The molecule has 140 valence electrons. The van der Waals surface area contributed by atoms with Crippen molar-refractivity contribution in [2.45, 2.75) is 42.9 Å². The maximum atomic E-state index is 12.6. The number of nitrogens with zero attached hydrogens (tertiary/aromatic N) is 4. The fourth-order valence-corrected chi connectivity index (χ4v) is 4.97. The molecule has 27 heavy (non-hydrogen) atoms. The van der Waals surface area contributed by atoms with Crippen molar-refractivity contribution >= 4 is 29.0 Å². The SMILES string of the molecule is O=C(CSc1nnnn1C1CCCC1)NC(c1ccccc1)c1cccs1. The van der Waals surface area contributed by atoms with Crippen molar-refractivity contribution in [3.05, 3.63) is 58.3 Å². The second-order valence-electron chi connectivity index (χ2n) is 6.56. The van der Waals surface area contributed by atoms with Crippen LogP contribution in [0.1, 0.15) is 48.2 Å². The smallest absolute Gasteiger partial charge is 0.231 e. The predicted octanol–water partition coefficient (Wildman–Crippen LogP) is 3.85. The Labute approximate surface area is 166 Å². The summed E-state index contributed by atoms with van der Waals surface area (Å²) in [6.45, 7) is 0. The number of rotatable bonds is 7. The molecule has 0 bridgehead atoms. The monoisotopic (exact) mass is 399 g/mol. The summed E-state index contributed by atoms with van der Waals surface area (Å²) in [5, 5.41) is 18.0. The quantitative estimate of drug-likeness (QED) is 0.611. The van der Waals surface area contributed by atoms with Gasteiger partial charge in [-0.25, -0.2) is 4.68 Å². The molecule has 1 aliphatic rings. The Morgan fingerprint density at radius 1 is 1.22 bits per heavy atom. The van der Waals surface area contributed by atoms with E-state index in [0.717, 1.165) is 28.4 Å². The molecule has 1 aliphatic carbocycles. The summed E-state index contributed by atoms with van der Waals surface area (Å²) in [6, 6.07) is 14.3. The molecule has 2 heterocycles. The fourth-order valence-electron chi connectivity index (χ4n) is 3.41. The maximum Gasteiger partial charge on any atom is 0.231 e. The molecule has 8 heteroatoms. The molecule has 1 aromatic carbocycles. The Hall–Kier alpha value is -2.19. The first kappa shape index (κ1) is 18.2. The van der Waals surface area contributed by atoms with Crippen molar-refractivity contribution in [1.82, 2.24) is 25.5 Å². The fraction of sp³-hybridized carbons (Fsp3) is 0.368. The topological polar surface area (TPSA) is 72.7 Å². The third-order valence-corrected chi connectivity index (χ3v) is 6.60. The average molecular weight is 400 g/mol. The number of carbonyl (C=O) groups excluding carboxylic acids is 1. The van der Waals surface area contributed by atoms with Crippen LogP contribution < -0.4 is 5.32 Å². The van der Waals surface area contributed by atoms with Gasteiger partial charge in [-0.1, -0.05) is 61.0 Å². The van der Waals surface area contributed by atoms with Crippen LogP contribution >= 0.6 is 23.1 Å². The Balaban J connectivity index is 1.41. The standard InChI is InChI=1S/C19H21N5OS2/c25-17(13-27-19-21-22-23-24(19)15-9-4-5-10-15)20-18(16-11-6-12-26-16)14-7-2-1-3-8-14/h1-3,6-8,11-12,15,18H,4-5,9-10,13H2,(H,20,25). The van der Waals surface area contributed by atoms with Crippen LogP contribution in [0.15, 0.2) is 53.0 Å². The molecule has 0 saturated heterocycles. The number of thiophene rings is 1. The molecule has 1 fully saturated rings. The minimum atomic E-state index is -0.134. The van der Waals surface area contributed by atoms with Crippen LogP contribution in [0.3, 0.4) is 0 Å². The Morgan fingerprint density at radius 2 is 2.04 bits per heavy atom. The molecule has 2 aromatic heterocycles. The van der Waals surface area contributed by atoms with Crippen molar-refractivity contribution < 1.29 is 4.79 Å². The number of aromatic nitrogens is 4. The van der Waals surface area contributed by atoms with E-state index in [0.29, 0.717) is 11.8 Å². The molecule has 1 atom stereocenters. The highest BCUT2D eigenvalue weighted by Crippen LogP contribution is 2.31. The van der Waals surface area contributed by atoms with Gasteiger partial charge in [-0.3, -0.25) is 4.79 Å². The van der Waals surface area contributed by atoms with Crippen molar-refractivity contribution in [2.75, 3.05) is 5.75 Å². The summed E-state index contributed by atoms with van der Waals surface area (Å²) >= 11 is 3.05. The van der Waals surface area contributed by atoms with Gasteiger partial charge in [-0.05, 0) is 40.3 Å². The lowest BCUT2D eigenvalue weighted by Crippen LogP contribution is -2.30. The normalized spacial score (nSPS) is 15.7. The lowest BCUT2D eigenvalue weighted by atomic mass is 10.1. The maximum absolute atomic E-state index is 12.6. The molecule has 1 unspecified atom stereocenters. The highest BCUT2D eigenvalue weighted by atomic mass is 32.2. The van der Waals surface area contributed by atoms with Crippen molar-refractivity contribution in [3.63, 3.8) is 0 Å². The van der Waals surface area contributed by atoms with Gasteiger partial charge in [0.1, 0.15) is 0 Å². The van der Waals surface area contributed by atoms with E-state index in [1.807, 2.05) is 46.5 Å². The second kappa shape index (κ2) is 8.67. The minimum Gasteiger partial charge on any atom is -0.344 e. The van der Waals surface area contributed by atoms with E-state index in [4.69, 9.17) is 0 Å². The van der Waals surface area contributed by atoms with Crippen LogP contribution in [0.2, 0.25) is 0 Å². The van der Waals surface area contributed by atoms with Crippen LogP contribution in [0.4, 0.5) is 0 Å². The highest BCUT2D eigenvalue weighted by Gasteiger charge is 2.23. The molecule has 0 spiro atoms. The van der Waals surface area contributed by atoms with Crippen LogP contribution in [0, 0.1) is 0 Å². The molecule has 1 saturated carbocycles. The minimum absolute atomic E-state index is 0.0248. The van der Waals surface area contributed by atoms with Crippen molar-refractivity contribution in [1.29, 1.82) is 0 Å². The first-order valence-electron chi connectivity index (χ1n) is 9.09. The zero-order chi connectivity index (χ0) is 18.5. The van der Waals surface area contributed by atoms with E-state index in [1.54, 1.807) is 11.3 Å². The first-order valence-corrected chi connectivity index (χ1v) is 11.0. The Bertz CT molecular complexity index is 859. The first-order chi connectivity index (χ1) is 13.3. The summed E-state index contributed by atoms with van der Waals surface area (Å²) in [5.74, 6) is 0.269. The van der Waals surface area contributed by atoms with Gasteiger partial charge in [-0.2, -0.15) is 0 Å². The number of carbonyl (C=O) groups is 1. The molecular weight excluding hydrogens is 378 g/mol. The van der Waals surface area contributed by atoms with E-state index in [9.17, 15) is 4.79 Å². The third-order valence-electron chi connectivity index (χ3n) is 4.73.